The van der Waals surface area contributed by atoms with E-state index in [1.807, 2.05) is 19.3 Å². The number of aryl methyl sites for hydroxylation is 1. The Kier molecular flexibility index (Phi) is 1.70. The van der Waals surface area contributed by atoms with Gasteiger partial charge in [-0.25, -0.2) is 5.10 Å². The molecule has 2 heterocycles. The van der Waals surface area contributed by atoms with Gasteiger partial charge in [0.25, 0.3) is 5.56 Å². The van der Waals surface area contributed by atoms with Gasteiger partial charge in [0.1, 0.15) is 11.4 Å². The maximum Gasteiger partial charge on any atom is 0.264 e. The minimum atomic E-state index is -0.209. The van der Waals surface area contributed by atoms with Crippen molar-refractivity contribution in [1.82, 2.24) is 20.0 Å². The largest absolute Gasteiger partial charge is 0.275 e. The standard InChI is InChI=1S/C8H8N4O/c1-12-5-4-7(11-12)6-2-3-8(13)10-9-6/h2-5H,1H3,(H,10,13). The number of hydrogen-bond donors (Lipinski definition) is 1. The number of aromatic nitrogens is 4. The van der Waals surface area contributed by atoms with Crippen LogP contribution in [0.2, 0.25) is 0 Å². The molecule has 13 heavy (non-hydrogen) atoms. The summed E-state index contributed by atoms with van der Waals surface area (Å²) in [6.07, 6.45) is 1.82. The molecule has 0 aliphatic rings. The Morgan fingerprint density at radius 3 is 2.69 bits per heavy atom. The molecule has 0 radical (unpaired) electrons. The van der Waals surface area contributed by atoms with Crippen molar-refractivity contribution < 1.29 is 0 Å². The zero-order chi connectivity index (χ0) is 9.26. The zero-order valence-corrected chi connectivity index (χ0v) is 7.06. The summed E-state index contributed by atoms with van der Waals surface area (Å²) in [5, 5.41) is 10.3. The molecule has 0 unspecified atom stereocenters. The molecule has 0 aromatic carbocycles. The minimum Gasteiger partial charge on any atom is -0.275 e. The summed E-state index contributed by atoms with van der Waals surface area (Å²) >= 11 is 0. The predicted octanol–water partition coefficient (Wildman–Crippen LogP) is 0.170. The van der Waals surface area contributed by atoms with Crippen LogP contribution in [0.3, 0.4) is 0 Å². The van der Waals surface area contributed by atoms with Gasteiger partial charge in [-0.1, -0.05) is 0 Å². The quantitative estimate of drug-likeness (QED) is 0.673. The summed E-state index contributed by atoms with van der Waals surface area (Å²) in [4.78, 5) is 10.7. The highest BCUT2D eigenvalue weighted by Crippen LogP contribution is 2.09. The predicted molar refractivity (Wildman–Crippen MR) is 47.1 cm³/mol. The van der Waals surface area contributed by atoms with Crippen molar-refractivity contribution in [2.24, 2.45) is 7.05 Å². The number of H-pyrrole nitrogens is 1. The molecule has 0 saturated carbocycles. The van der Waals surface area contributed by atoms with Crippen molar-refractivity contribution >= 4 is 0 Å². The molecular weight excluding hydrogens is 168 g/mol. The van der Waals surface area contributed by atoms with Crippen molar-refractivity contribution in [3.05, 3.63) is 34.7 Å². The average molecular weight is 176 g/mol. The van der Waals surface area contributed by atoms with Crippen LogP contribution in [0.25, 0.3) is 11.4 Å². The lowest BCUT2D eigenvalue weighted by Gasteiger charge is -1.92. The van der Waals surface area contributed by atoms with Crippen LogP contribution in [0, 0.1) is 0 Å². The molecule has 0 fully saturated rings. The molecule has 1 N–H and O–H groups in total. The van der Waals surface area contributed by atoms with Crippen LogP contribution in [0.1, 0.15) is 0 Å². The van der Waals surface area contributed by atoms with E-state index >= 15 is 0 Å². The highest BCUT2D eigenvalue weighted by atomic mass is 16.1. The highest BCUT2D eigenvalue weighted by Gasteiger charge is 2.01. The van der Waals surface area contributed by atoms with Gasteiger partial charge in [-0.15, -0.1) is 0 Å². The normalized spacial score (nSPS) is 10.2. The van der Waals surface area contributed by atoms with Crippen molar-refractivity contribution in [1.29, 1.82) is 0 Å². The average Bonchev–Trinajstić information content (AvgIpc) is 2.53. The first-order valence-corrected chi connectivity index (χ1v) is 3.81. The second-order valence-electron chi connectivity index (χ2n) is 2.68. The highest BCUT2D eigenvalue weighted by molar-refractivity contribution is 5.51. The molecule has 0 amide bonds. The molecule has 0 spiro atoms. The van der Waals surface area contributed by atoms with Crippen molar-refractivity contribution in [2.45, 2.75) is 0 Å². The molecule has 5 heteroatoms. The first-order valence-electron chi connectivity index (χ1n) is 3.81. The van der Waals surface area contributed by atoms with E-state index in [0.29, 0.717) is 5.69 Å². The van der Waals surface area contributed by atoms with E-state index in [0.717, 1.165) is 5.69 Å². The van der Waals surface area contributed by atoms with Crippen LogP contribution in [0.4, 0.5) is 0 Å². The van der Waals surface area contributed by atoms with Gasteiger partial charge in [0.05, 0.1) is 0 Å². The van der Waals surface area contributed by atoms with Crippen molar-refractivity contribution in [2.75, 3.05) is 0 Å². The maximum atomic E-state index is 10.7. The fourth-order valence-corrected chi connectivity index (χ4v) is 1.04. The van der Waals surface area contributed by atoms with E-state index < -0.39 is 0 Å². The lowest BCUT2D eigenvalue weighted by atomic mass is 10.3. The third-order valence-corrected chi connectivity index (χ3v) is 1.66. The van der Waals surface area contributed by atoms with Gasteiger partial charge >= 0.3 is 0 Å². The van der Waals surface area contributed by atoms with Gasteiger partial charge in [0.2, 0.25) is 0 Å². The fourth-order valence-electron chi connectivity index (χ4n) is 1.04. The van der Waals surface area contributed by atoms with Crippen molar-refractivity contribution in [3.8, 4) is 11.4 Å². The van der Waals surface area contributed by atoms with Crippen LogP contribution >= 0.6 is 0 Å². The van der Waals surface area contributed by atoms with Gasteiger partial charge in [-0.05, 0) is 12.1 Å². The second kappa shape index (κ2) is 2.85. The lowest BCUT2D eigenvalue weighted by Crippen LogP contribution is -2.05. The van der Waals surface area contributed by atoms with Crippen LogP contribution in [-0.4, -0.2) is 20.0 Å². The lowest BCUT2D eigenvalue weighted by molar-refractivity contribution is 0.769. The number of nitrogens with zero attached hydrogens (tertiary/aromatic N) is 3. The summed E-state index contributed by atoms with van der Waals surface area (Å²) in [7, 11) is 1.83. The zero-order valence-electron chi connectivity index (χ0n) is 7.06. The van der Waals surface area contributed by atoms with Crippen LogP contribution in [0.5, 0.6) is 0 Å². The molecule has 0 aliphatic carbocycles. The summed E-state index contributed by atoms with van der Waals surface area (Å²) in [5.74, 6) is 0. The first-order chi connectivity index (χ1) is 6.25. The first kappa shape index (κ1) is 7.72. The Morgan fingerprint density at radius 1 is 1.31 bits per heavy atom. The summed E-state index contributed by atoms with van der Waals surface area (Å²) in [5.41, 5.74) is 1.21. The minimum absolute atomic E-state index is 0.209. The van der Waals surface area contributed by atoms with E-state index in [1.54, 1.807) is 10.7 Å². The van der Waals surface area contributed by atoms with Crippen LogP contribution in [-0.2, 0) is 7.05 Å². The van der Waals surface area contributed by atoms with Gasteiger partial charge in [-0.2, -0.15) is 10.2 Å². The van der Waals surface area contributed by atoms with Crippen molar-refractivity contribution in [3.63, 3.8) is 0 Å². The molecule has 5 nitrogen and oxygen atoms in total. The van der Waals surface area contributed by atoms with E-state index in [4.69, 9.17) is 0 Å². The Balaban J connectivity index is 2.47. The van der Waals surface area contributed by atoms with Crippen LogP contribution < -0.4 is 5.56 Å². The summed E-state index contributed by atoms with van der Waals surface area (Å²) in [6.45, 7) is 0. The van der Waals surface area contributed by atoms with Gasteiger partial charge < -0.3 is 0 Å². The van der Waals surface area contributed by atoms with Crippen LogP contribution in [0.15, 0.2) is 29.2 Å². The molecule has 2 rings (SSSR count). The molecule has 0 bridgehead atoms. The molecule has 2 aromatic rings. The van der Waals surface area contributed by atoms with Gasteiger partial charge in [0.15, 0.2) is 0 Å². The third-order valence-electron chi connectivity index (χ3n) is 1.66. The molecule has 0 saturated heterocycles. The van der Waals surface area contributed by atoms with E-state index in [9.17, 15) is 4.79 Å². The molecule has 0 aliphatic heterocycles. The smallest absolute Gasteiger partial charge is 0.264 e. The number of aromatic amines is 1. The van der Waals surface area contributed by atoms with E-state index in [-0.39, 0.29) is 5.56 Å². The number of nitrogens with one attached hydrogen (secondary N) is 1. The topological polar surface area (TPSA) is 63.6 Å². The van der Waals surface area contributed by atoms with Gasteiger partial charge in [0, 0.05) is 19.3 Å². The monoisotopic (exact) mass is 176 g/mol. The Hall–Kier alpha value is -1.91. The SMILES string of the molecule is Cn1ccc(-c2ccc(=O)[nH]n2)n1. The van der Waals surface area contributed by atoms with E-state index in [1.165, 1.54) is 6.07 Å². The molecule has 2 aromatic heterocycles. The Labute approximate surface area is 74.0 Å². The summed E-state index contributed by atoms with van der Waals surface area (Å²) in [6, 6.07) is 4.90. The third kappa shape index (κ3) is 1.48. The number of hydrogen-bond acceptors (Lipinski definition) is 3. The number of rotatable bonds is 1. The molecular formula is C8H8N4O. The Bertz CT molecular complexity index is 450. The maximum absolute atomic E-state index is 10.7. The Morgan fingerprint density at radius 2 is 2.15 bits per heavy atom. The second-order valence-corrected chi connectivity index (χ2v) is 2.68. The molecule has 0 atom stereocenters. The fraction of sp³-hybridized carbons (Fsp3) is 0.125. The molecule has 66 valence electrons. The van der Waals surface area contributed by atoms with E-state index in [2.05, 4.69) is 15.3 Å². The summed E-state index contributed by atoms with van der Waals surface area (Å²) < 4.78 is 1.68. The van der Waals surface area contributed by atoms with Gasteiger partial charge in [-0.3, -0.25) is 9.48 Å².